The van der Waals surface area contributed by atoms with Crippen LogP contribution >= 0.6 is 0 Å². The average Bonchev–Trinajstić information content (AvgIpc) is 3.19. The second-order valence-electron chi connectivity index (χ2n) is 8.22. The Hall–Kier alpha value is -2.78. The van der Waals surface area contributed by atoms with Crippen molar-refractivity contribution in [2.75, 3.05) is 18.1 Å². The van der Waals surface area contributed by atoms with Gasteiger partial charge < -0.3 is 21.3 Å². The highest BCUT2D eigenvalue weighted by Crippen LogP contribution is 2.45. The van der Waals surface area contributed by atoms with Crippen LogP contribution in [0.4, 0.5) is 17.6 Å². The van der Waals surface area contributed by atoms with Crippen LogP contribution in [0.1, 0.15) is 37.1 Å². The second kappa shape index (κ2) is 9.82. The number of carbonyl (C=O) groups is 1. The largest absolute Gasteiger partial charge is 0.483 e. The molecule has 0 aliphatic heterocycles. The predicted molar refractivity (Wildman–Crippen MR) is 114 cm³/mol. The quantitative estimate of drug-likeness (QED) is 0.542. The van der Waals surface area contributed by atoms with E-state index in [2.05, 4.69) is 32.2 Å². The molecule has 9 nitrogen and oxygen atoms in total. The van der Waals surface area contributed by atoms with Crippen molar-refractivity contribution in [1.82, 2.24) is 19.9 Å². The van der Waals surface area contributed by atoms with Crippen LogP contribution in [0.2, 0.25) is 0 Å². The number of benzene rings is 1. The third kappa shape index (κ3) is 5.64. The Labute approximate surface area is 176 Å². The Morgan fingerprint density at radius 1 is 1.20 bits per heavy atom. The first-order valence-electron chi connectivity index (χ1n) is 10.2. The van der Waals surface area contributed by atoms with Gasteiger partial charge in [0.15, 0.2) is 0 Å². The minimum absolute atomic E-state index is 0.0927. The summed E-state index contributed by atoms with van der Waals surface area (Å²) in [5.74, 6) is 2.71. The summed E-state index contributed by atoms with van der Waals surface area (Å²) < 4.78 is 0. The van der Waals surface area contributed by atoms with Gasteiger partial charge in [-0.05, 0) is 69.2 Å². The summed E-state index contributed by atoms with van der Waals surface area (Å²) in [7, 11) is 2.12. The van der Waals surface area contributed by atoms with Gasteiger partial charge in [0.2, 0.25) is 11.9 Å². The van der Waals surface area contributed by atoms with Gasteiger partial charge in [0.25, 0.3) is 6.47 Å². The maximum atomic E-state index is 9.83. The highest BCUT2D eigenvalue weighted by atomic mass is 16.3. The average molecular weight is 415 g/mol. The molecule has 0 spiro atoms. The molecule has 0 bridgehead atoms. The van der Waals surface area contributed by atoms with Crippen LogP contribution < -0.4 is 11.1 Å². The van der Waals surface area contributed by atoms with E-state index in [1.165, 1.54) is 5.56 Å². The van der Waals surface area contributed by atoms with Crippen LogP contribution in [0.15, 0.2) is 24.3 Å². The van der Waals surface area contributed by atoms with Gasteiger partial charge in [-0.3, -0.25) is 9.69 Å². The van der Waals surface area contributed by atoms with Crippen LogP contribution in [0.5, 0.6) is 0 Å². The van der Waals surface area contributed by atoms with Crippen molar-refractivity contribution in [3.8, 4) is 0 Å². The molecule has 2 aliphatic rings. The van der Waals surface area contributed by atoms with Gasteiger partial charge >= 0.3 is 0 Å². The summed E-state index contributed by atoms with van der Waals surface area (Å²) in [6.45, 7) is 2.44. The van der Waals surface area contributed by atoms with Gasteiger partial charge in [0.1, 0.15) is 5.82 Å². The molecule has 2 aromatic rings. The zero-order chi connectivity index (χ0) is 21.7. The van der Waals surface area contributed by atoms with Gasteiger partial charge in [0, 0.05) is 11.7 Å². The summed E-state index contributed by atoms with van der Waals surface area (Å²) in [5.41, 5.74) is 8.01. The fraction of sp³-hybridized carbons (Fsp3) is 0.524. The van der Waals surface area contributed by atoms with Crippen molar-refractivity contribution in [2.45, 2.75) is 51.3 Å². The van der Waals surface area contributed by atoms with Crippen molar-refractivity contribution in [1.29, 1.82) is 0 Å². The van der Waals surface area contributed by atoms with Crippen molar-refractivity contribution < 1.29 is 15.0 Å². The van der Waals surface area contributed by atoms with E-state index < -0.39 is 0 Å². The number of hydrogen-bond acceptors (Lipinski definition) is 8. The normalized spacial score (nSPS) is 24.8. The minimum Gasteiger partial charge on any atom is -0.483 e. The van der Waals surface area contributed by atoms with Crippen molar-refractivity contribution in [2.24, 2.45) is 11.8 Å². The van der Waals surface area contributed by atoms with E-state index in [4.69, 9.17) is 15.6 Å². The molecular formula is C21H30N6O3. The van der Waals surface area contributed by atoms with Crippen LogP contribution in [0, 0.1) is 18.8 Å². The number of nitrogens with two attached hydrogens (primary N) is 1. The van der Waals surface area contributed by atoms with Gasteiger partial charge in [-0.1, -0.05) is 12.1 Å². The van der Waals surface area contributed by atoms with Gasteiger partial charge in [-0.2, -0.15) is 15.0 Å². The number of aliphatic hydroxyl groups excluding tert-OH is 1. The summed E-state index contributed by atoms with van der Waals surface area (Å²) in [6, 6.07) is 8.56. The number of fused-ring (bicyclic) bond motifs is 1. The monoisotopic (exact) mass is 414 g/mol. The molecule has 30 heavy (non-hydrogen) atoms. The predicted octanol–water partition coefficient (Wildman–Crippen LogP) is 2.19. The summed E-state index contributed by atoms with van der Waals surface area (Å²) in [5, 5.41) is 19.9. The molecular weight excluding hydrogens is 384 g/mol. The van der Waals surface area contributed by atoms with Crippen molar-refractivity contribution in [3.05, 3.63) is 35.7 Å². The Kier molecular flexibility index (Phi) is 7.17. The minimum atomic E-state index is -0.250. The first kappa shape index (κ1) is 21.9. The summed E-state index contributed by atoms with van der Waals surface area (Å²) in [6.07, 6.45) is 4.11. The summed E-state index contributed by atoms with van der Waals surface area (Å²) in [4.78, 5) is 23.8. The first-order chi connectivity index (χ1) is 14.4. The SMILES string of the molecule is Cc1cccc(Nc2nc(N)nc(CN(C)C3C[C@H]4CC(O)C[C@H]4C3)n2)c1.O=CO. The Morgan fingerprint density at radius 3 is 2.50 bits per heavy atom. The lowest BCUT2D eigenvalue weighted by Gasteiger charge is -2.24. The lowest BCUT2D eigenvalue weighted by atomic mass is 10.0. The van der Waals surface area contributed by atoms with Crippen LogP contribution in [0.3, 0.4) is 0 Å². The highest BCUT2D eigenvalue weighted by Gasteiger charge is 2.42. The van der Waals surface area contributed by atoms with Crippen LogP contribution in [-0.4, -0.2) is 55.7 Å². The van der Waals surface area contributed by atoms with Crippen molar-refractivity contribution in [3.63, 3.8) is 0 Å². The lowest BCUT2D eigenvalue weighted by molar-refractivity contribution is -0.122. The molecule has 4 atom stereocenters. The molecule has 5 N–H and O–H groups in total. The number of rotatable bonds is 5. The number of nitrogen functional groups attached to an aromatic ring is 1. The highest BCUT2D eigenvalue weighted by molar-refractivity contribution is 5.54. The molecule has 4 rings (SSSR count). The number of anilines is 3. The molecule has 2 unspecified atom stereocenters. The van der Waals surface area contributed by atoms with E-state index in [9.17, 15) is 5.11 Å². The number of nitrogens with zero attached hydrogens (tertiary/aromatic N) is 4. The maximum absolute atomic E-state index is 9.83. The lowest BCUT2D eigenvalue weighted by Crippen LogP contribution is -2.31. The van der Waals surface area contributed by atoms with E-state index in [1.54, 1.807) is 0 Å². The fourth-order valence-corrected chi connectivity index (χ4v) is 4.68. The van der Waals surface area contributed by atoms with Gasteiger partial charge in [0.05, 0.1) is 12.6 Å². The molecule has 0 saturated heterocycles. The topological polar surface area (TPSA) is 137 Å². The third-order valence-electron chi connectivity index (χ3n) is 5.95. The molecule has 0 amide bonds. The number of carboxylic acid groups (broad SMARTS) is 1. The molecule has 9 heteroatoms. The molecule has 2 fully saturated rings. The van der Waals surface area contributed by atoms with E-state index in [1.807, 2.05) is 31.2 Å². The van der Waals surface area contributed by atoms with E-state index in [-0.39, 0.29) is 18.5 Å². The Balaban J connectivity index is 0.000000806. The fourth-order valence-electron chi connectivity index (χ4n) is 4.68. The molecule has 2 aliphatic carbocycles. The second-order valence-corrected chi connectivity index (χ2v) is 8.22. The zero-order valence-electron chi connectivity index (χ0n) is 17.4. The van der Waals surface area contributed by atoms with E-state index in [0.717, 1.165) is 31.4 Å². The third-order valence-corrected chi connectivity index (χ3v) is 5.95. The number of aryl methyl sites for hydroxylation is 1. The number of nitrogens with one attached hydrogen (secondary N) is 1. The van der Waals surface area contributed by atoms with Gasteiger partial charge in [-0.25, -0.2) is 0 Å². The van der Waals surface area contributed by atoms with Crippen LogP contribution in [-0.2, 0) is 11.3 Å². The molecule has 0 radical (unpaired) electrons. The smallest absolute Gasteiger partial charge is 0.290 e. The molecule has 1 aromatic carbocycles. The molecule has 1 aromatic heterocycles. The van der Waals surface area contributed by atoms with E-state index >= 15 is 0 Å². The van der Waals surface area contributed by atoms with Gasteiger partial charge in [-0.15, -0.1) is 0 Å². The molecule has 162 valence electrons. The Morgan fingerprint density at radius 2 is 1.87 bits per heavy atom. The van der Waals surface area contributed by atoms with Crippen molar-refractivity contribution >= 4 is 24.1 Å². The maximum Gasteiger partial charge on any atom is 0.290 e. The van der Waals surface area contributed by atoms with E-state index in [0.29, 0.717) is 36.2 Å². The molecule has 2 saturated carbocycles. The number of aromatic nitrogens is 3. The standard InChI is InChI=1S/C20H28N6O.CH2O2/c1-12-4-3-5-15(6-12)22-20-24-18(23-19(21)25-20)11-26(2)16-7-13-9-17(27)10-14(13)8-16;2-1-3/h3-6,13-14,16-17,27H,7-11H2,1-2H3,(H3,21,22,23,24,25);1H,(H,2,3)/t13-,14+,16?,17?;. The number of aliphatic hydroxyl groups is 1. The molecule has 1 heterocycles. The number of hydrogen-bond donors (Lipinski definition) is 4. The zero-order valence-corrected chi connectivity index (χ0v) is 17.4. The summed E-state index contributed by atoms with van der Waals surface area (Å²) >= 11 is 0. The van der Waals surface area contributed by atoms with Crippen LogP contribution in [0.25, 0.3) is 0 Å². The first-order valence-corrected chi connectivity index (χ1v) is 10.2. The Bertz CT molecular complexity index is 850.